The second-order valence-corrected chi connectivity index (χ2v) is 6.83. The smallest absolute Gasteiger partial charge is 0.326 e. The van der Waals surface area contributed by atoms with Crippen molar-refractivity contribution < 1.29 is 14.6 Å². The number of carboxylic acid groups (broad SMARTS) is 1. The monoisotopic (exact) mass is 385 g/mol. The molecule has 3 N–H and O–H groups in total. The number of nitrogens with one attached hydrogen (secondary N) is 2. The van der Waals surface area contributed by atoms with Crippen molar-refractivity contribution in [3.8, 4) is 0 Å². The molecule has 1 aliphatic heterocycles. The fourth-order valence-electron chi connectivity index (χ4n) is 3.17. The van der Waals surface area contributed by atoms with Crippen LogP contribution in [0.5, 0.6) is 0 Å². The SMILES string of the molecule is O=C(O)C(CCCOCCCc1ccc2c(n1)NCCC2)Nc1ccncn1. The van der Waals surface area contributed by atoms with E-state index in [-0.39, 0.29) is 0 Å². The molecule has 28 heavy (non-hydrogen) atoms. The van der Waals surface area contributed by atoms with E-state index >= 15 is 0 Å². The van der Waals surface area contributed by atoms with E-state index < -0.39 is 12.0 Å². The minimum absolute atomic E-state index is 0.470. The number of carboxylic acids is 1. The fourth-order valence-corrected chi connectivity index (χ4v) is 3.17. The van der Waals surface area contributed by atoms with Gasteiger partial charge in [-0.25, -0.2) is 19.7 Å². The Morgan fingerprint density at radius 1 is 1.29 bits per heavy atom. The summed E-state index contributed by atoms with van der Waals surface area (Å²) in [5, 5.41) is 15.6. The van der Waals surface area contributed by atoms with E-state index in [1.54, 1.807) is 12.3 Å². The lowest BCUT2D eigenvalue weighted by molar-refractivity contribution is -0.138. The minimum atomic E-state index is -0.897. The second kappa shape index (κ2) is 10.6. The number of ether oxygens (including phenoxy) is 1. The third kappa shape index (κ3) is 6.16. The van der Waals surface area contributed by atoms with E-state index in [9.17, 15) is 9.90 Å². The highest BCUT2D eigenvalue weighted by molar-refractivity contribution is 5.76. The molecule has 0 saturated heterocycles. The van der Waals surface area contributed by atoms with Crippen LogP contribution in [0, 0.1) is 0 Å². The maximum absolute atomic E-state index is 11.4. The van der Waals surface area contributed by atoms with Crippen LogP contribution in [0.3, 0.4) is 0 Å². The molecular weight excluding hydrogens is 358 g/mol. The number of anilines is 2. The summed E-state index contributed by atoms with van der Waals surface area (Å²) in [6.07, 6.45) is 8.13. The van der Waals surface area contributed by atoms with E-state index in [2.05, 4.69) is 37.7 Å². The molecule has 1 atom stereocenters. The van der Waals surface area contributed by atoms with Crippen molar-refractivity contribution in [2.45, 2.75) is 44.6 Å². The van der Waals surface area contributed by atoms with Gasteiger partial charge in [-0.15, -0.1) is 0 Å². The molecule has 3 heterocycles. The van der Waals surface area contributed by atoms with Gasteiger partial charge in [0.05, 0.1) is 0 Å². The van der Waals surface area contributed by atoms with Crippen LogP contribution < -0.4 is 10.6 Å². The predicted molar refractivity (Wildman–Crippen MR) is 107 cm³/mol. The standard InChI is InChI=1S/C20H27N5O3/c26-20(27)17(25-18-9-11-21-14-23-18)6-3-13-28-12-2-5-16-8-7-15-4-1-10-22-19(15)24-16/h7-9,11,14,17H,1-6,10,12-13H2,(H,22,24)(H,26,27)(H,21,23,25). The largest absolute Gasteiger partial charge is 0.480 e. The summed E-state index contributed by atoms with van der Waals surface area (Å²) in [4.78, 5) is 23.9. The maximum Gasteiger partial charge on any atom is 0.326 e. The molecule has 0 aliphatic carbocycles. The van der Waals surface area contributed by atoms with Crippen molar-refractivity contribution in [1.29, 1.82) is 0 Å². The highest BCUT2D eigenvalue weighted by atomic mass is 16.5. The first-order valence-corrected chi connectivity index (χ1v) is 9.78. The molecule has 0 bridgehead atoms. The molecule has 1 aliphatic rings. The van der Waals surface area contributed by atoms with Gasteiger partial charge in [-0.05, 0) is 56.2 Å². The molecule has 2 aromatic rings. The van der Waals surface area contributed by atoms with Crippen molar-refractivity contribution in [2.75, 3.05) is 30.4 Å². The lowest BCUT2D eigenvalue weighted by Crippen LogP contribution is -2.30. The third-order valence-corrected chi connectivity index (χ3v) is 4.66. The van der Waals surface area contributed by atoms with E-state index in [4.69, 9.17) is 4.74 Å². The molecule has 0 amide bonds. The Balaban J connectivity index is 1.30. The zero-order valence-electron chi connectivity index (χ0n) is 15.9. The highest BCUT2D eigenvalue weighted by Crippen LogP contribution is 2.20. The Morgan fingerprint density at radius 3 is 3.00 bits per heavy atom. The van der Waals surface area contributed by atoms with Crippen LogP contribution in [0.2, 0.25) is 0 Å². The van der Waals surface area contributed by atoms with Crippen LogP contribution in [0.4, 0.5) is 11.6 Å². The number of aliphatic carboxylic acids is 1. The summed E-state index contributed by atoms with van der Waals surface area (Å²) in [5.74, 6) is 0.640. The summed E-state index contributed by atoms with van der Waals surface area (Å²) < 4.78 is 5.66. The van der Waals surface area contributed by atoms with Crippen molar-refractivity contribution in [3.63, 3.8) is 0 Å². The summed E-state index contributed by atoms with van der Waals surface area (Å²) in [5.41, 5.74) is 2.38. The quantitative estimate of drug-likeness (QED) is 0.506. The van der Waals surface area contributed by atoms with Gasteiger partial charge in [-0.1, -0.05) is 6.07 Å². The van der Waals surface area contributed by atoms with Gasteiger partial charge in [0.1, 0.15) is 24.0 Å². The average Bonchev–Trinajstić information content (AvgIpc) is 2.72. The van der Waals surface area contributed by atoms with Gasteiger partial charge in [0.2, 0.25) is 0 Å². The molecule has 2 aromatic heterocycles. The van der Waals surface area contributed by atoms with Gasteiger partial charge in [-0.2, -0.15) is 0 Å². The number of carbonyl (C=O) groups is 1. The Labute approximate surface area is 164 Å². The molecule has 8 heteroatoms. The zero-order valence-corrected chi connectivity index (χ0v) is 15.9. The number of pyridine rings is 1. The van der Waals surface area contributed by atoms with E-state index in [1.165, 1.54) is 18.3 Å². The molecule has 3 rings (SSSR count). The van der Waals surface area contributed by atoms with Crippen molar-refractivity contribution in [2.24, 2.45) is 0 Å². The molecule has 0 fully saturated rings. The molecule has 0 aromatic carbocycles. The first-order valence-electron chi connectivity index (χ1n) is 9.78. The molecule has 0 saturated carbocycles. The number of aryl methyl sites for hydroxylation is 2. The first kappa shape index (κ1) is 20.0. The number of hydrogen-bond donors (Lipinski definition) is 3. The van der Waals surface area contributed by atoms with Crippen LogP contribution in [0.15, 0.2) is 30.7 Å². The fraction of sp³-hybridized carbons (Fsp3) is 0.500. The molecule has 0 spiro atoms. The van der Waals surface area contributed by atoms with Crippen molar-refractivity contribution in [1.82, 2.24) is 15.0 Å². The lowest BCUT2D eigenvalue weighted by Gasteiger charge is -2.17. The molecule has 150 valence electrons. The van der Waals surface area contributed by atoms with Gasteiger partial charge in [0.15, 0.2) is 0 Å². The summed E-state index contributed by atoms with van der Waals surface area (Å²) >= 11 is 0. The van der Waals surface area contributed by atoms with Gasteiger partial charge in [0, 0.05) is 31.6 Å². The summed E-state index contributed by atoms with van der Waals surface area (Å²) in [6.45, 7) is 2.17. The van der Waals surface area contributed by atoms with Gasteiger partial charge < -0.3 is 20.5 Å². The van der Waals surface area contributed by atoms with Crippen LogP contribution >= 0.6 is 0 Å². The van der Waals surface area contributed by atoms with Gasteiger partial charge in [-0.3, -0.25) is 0 Å². The Kier molecular flexibility index (Phi) is 7.54. The second-order valence-electron chi connectivity index (χ2n) is 6.83. The number of hydrogen-bond acceptors (Lipinski definition) is 7. The zero-order chi connectivity index (χ0) is 19.6. The van der Waals surface area contributed by atoms with Crippen LogP contribution in [-0.4, -0.2) is 51.8 Å². The van der Waals surface area contributed by atoms with Crippen LogP contribution in [0.1, 0.15) is 36.9 Å². The van der Waals surface area contributed by atoms with Crippen molar-refractivity contribution in [3.05, 3.63) is 42.0 Å². The summed E-state index contributed by atoms with van der Waals surface area (Å²) in [7, 11) is 0. The summed E-state index contributed by atoms with van der Waals surface area (Å²) in [6, 6.07) is 5.23. The van der Waals surface area contributed by atoms with E-state index in [1.807, 2.05) is 0 Å². The first-order chi connectivity index (χ1) is 13.7. The topological polar surface area (TPSA) is 109 Å². The van der Waals surface area contributed by atoms with Crippen LogP contribution in [-0.2, 0) is 22.4 Å². The number of aromatic nitrogens is 3. The minimum Gasteiger partial charge on any atom is -0.480 e. The number of rotatable bonds is 11. The Hall–Kier alpha value is -2.74. The van der Waals surface area contributed by atoms with E-state index in [0.29, 0.717) is 31.9 Å². The molecule has 0 radical (unpaired) electrons. The maximum atomic E-state index is 11.4. The van der Waals surface area contributed by atoms with E-state index in [0.717, 1.165) is 37.3 Å². The molecule has 1 unspecified atom stereocenters. The lowest BCUT2D eigenvalue weighted by atomic mass is 10.1. The Morgan fingerprint density at radius 2 is 2.18 bits per heavy atom. The highest BCUT2D eigenvalue weighted by Gasteiger charge is 2.17. The molecule has 8 nitrogen and oxygen atoms in total. The van der Waals surface area contributed by atoms with Gasteiger partial charge >= 0.3 is 5.97 Å². The number of fused-ring (bicyclic) bond motifs is 1. The van der Waals surface area contributed by atoms with Gasteiger partial charge in [0.25, 0.3) is 0 Å². The number of nitrogens with zero attached hydrogens (tertiary/aromatic N) is 3. The average molecular weight is 385 g/mol. The molecular formula is C20H27N5O3. The predicted octanol–water partition coefficient (Wildman–Crippen LogP) is 2.52. The van der Waals surface area contributed by atoms with Crippen molar-refractivity contribution >= 4 is 17.6 Å². The van der Waals surface area contributed by atoms with Crippen LogP contribution in [0.25, 0.3) is 0 Å². The third-order valence-electron chi connectivity index (χ3n) is 4.66. The Bertz CT molecular complexity index is 757. The normalized spacial score (nSPS) is 14.0.